The zero-order chi connectivity index (χ0) is 14.0. The Morgan fingerprint density at radius 1 is 1.53 bits per heavy atom. The first-order valence-electron chi connectivity index (χ1n) is 6.06. The lowest BCUT2D eigenvalue weighted by Crippen LogP contribution is -2.39. The maximum absolute atomic E-state index is 12.1. The number of likely N-dealkylation sites (tertiary alicyclic amines) is 1. The molecule has 104 valence electrons. The van der Waals surface area contributed by atoms with Crippen LogP contribution in [-0.4, -0.2) is 41.2 Å². The van der Waals surface area contributed by atoms with E-state index in [1.807, 2.05) is 0 Å². The van der Waals surface area contributed by atoms with Gasteiger partial charge in [-0.15, -0.1) is 0 Å². The Morgan fingerprint density at radius 3 is 2.89 bits per heavy atom. The molecule has 0 saturated carbocycles. The maximum atomic E-state index is 12.1. The van der Waals surface area contributed by atoms with E-state index < -0.39 is 12.2 Å². The van der Waals surface area contributed by atoms with E-state index in [0.29, 0.717) is 35.3 Å². The van der Waals surface area contributed by atoms with Crippen LogP contribution in [0.1, 0.15) is 13.3 Å². The summed E-state index contributed by atoms with van der Waals surface area (Å²) in [6, 6.07) is 5.03. The summed E-state index contributed by atoms with van der Waals surface area (Å²) >= 11 is 11.9. The van der Waals surface area contributed by atoms with Gasteiger partial charge in [-0.1, -0.05) is 29.3 Å². The molecule has 1 aromatic carbocycles. The second kappa shape index (κ2) is 5.99. The van der Waals surface area contributed by atoms with Gasteiger partial charge in [0.05, 0.1) is 11.1 Å². The van der Waals surface area contributed by atoms with Gasteiger partial charge in [0.2, 0.25) is 0 Å². The SMILES string of the molecule is CC(Oc1cccc(Cl)c1Cl)C(=O)N1CC[C@@H](O)C1. The summed E-state index contributed by atoms with van der Waals surface area (Å²) in [6.07, 6.45) is -0.497. The molecule has 2 atom stereocenters. The highest BCUT2D eigenvalue weighted by Gasteiger charge is 2.29. The molecule has 1 saturated heterocycles. The van der Waals surface area contributed by atoms with Gasteiger partial charge < -0.3 is 14.7 Å². The molecule has 1 aliphatic rings. The van der Waals surface area contributed by atoms with Crippen LogP contribution in [0.3, 0.4) is 0 Å². The molecule has 0 spiro atoms. The number of β-amino-alcohol motifs (C(OH)–C–C–N with tert-alkyl or cyclic N) is 1. The molecule has 1 heterocycles. The molecule has 1 fully saturated rings. The second-order valence-electron chi connectivity index (χ2n) is 4.54. The first kappa shape index (κ1) is 14.4. The molecule has 0 aromatic heterocycles. The average molecular weight is 304 g/mol. The molecule has 4 nitrogen and oxygen atoms in total. The van der Waals surface area contributed by atoms with Crippen molar-refractivity contribution in [1.82, 2.24) is 4.90 Å². The normalized spacial score (nSPS) is 20.4. The predicted molar refractivity (Wildman–Crippen MR) is 73.8 cm³/mol. The first-order chi connectivity index (χ1) is 8.99. The Hall–Kier alpha value is -0.970. The molecule has 0 radical (unpaired) electrons. The van der Waals surface area contributed by atoms with Crippen molar-refractivity contribution in [3.05, 3.63) is 28.2 Å². The maximum Gasteiger partial charge on any atom is 0.263 e. The van der Waals surface area contributed by atoms with Crippen molar-refractivity contribution < 1.29 is 14.6 Å². The second-order valence-corrected chi connectivity index (χ2v) is 5.32. The van der Waals surface area contributed by atoms with Crippen molar-refractivity contribution in [3.63, 3.8) is 0 Å². The van der Waals surface area contributed by atoms with E-state index in [2.05, 4.69) is 0 Å². The van der Waals surface area contributed by atoms with Crippen LogP contribution < -0.4 is 4.74 Å². The van der Waals surface area contributed by atoms with Gasteiger partial charge >= 0.3 is 0 Å². The largest absolute Gasteiger partial charge is 0.479 e. The minimum atomic E-state index is -0.665. The van der Waals surface area contributed by atoms with Gasteiger partial charge in [-0.25, -0.2) is 0 Å². The van der Waals surface area contributed by atoms with E-state index in [9.17, 15) is 9.90 Å². The van der Waals surface area contributed by atoms with Crippen LogP contribution in [0.25, 0.3) is 0 Å². The van der Waals surface area contributed by atoms with E-state index in [0.717, 1.165) is 0 Å². The number of ether oxygens (including phenoxy) is 1. The fourth-order valence-corrected chi connectivity index (χ4v) is 2.35. The third-order valence-corrected chi connectivity index (χ3v) is 3.84. The molecule has 0 bridgehead atoms. The van der Waals surface area contributed by atoms with Crippen molar-refractivity contribution in [1.29, 1.82) is 0 Å². The number of carbonyl (C=O) groups excluding carboxylic acids is 1. The molecule has 2 rings (SSSR count). The van der Waals surface area contributed by atoms with Gasteiger partial charge in [-0.3, -0.25) is 4.79 Å². The summed E-state index contributed by atoms with van der Waals surface area (Å²) in [5.74, 6) is 0.224. The summed E-state index contributed by atoms with van der Waals surface area (Å²) in [4.78, 5) is 13.7. The molecule has 19 heavy (non-hydrogen) atoms. The minimum absolute atomic E-state index is 0.160. The number of halogens is 2. The average Bonchev–Trinajstić information content (AvgIpc) is 2.80. The van der Waals surface area contributed by atoms with Crippen LogP contribution in [0, 0.1) is 0 Å². The van der Waals surface area contributed by atoms with Crippen molar-refractivity contribution >= 4 is 29.1 Å². The molecular formula is C13H15Cl2NO3. The molecule has 1 aliphatic heterocycles. The van der Waals surface area contributed by atoms with Crippen molar-refractivity contribution in [3.8, 4) is 5.75 Å². The molecule has 1 amide bonds. The summed E-state index contributed by atoms with van der Waals surface area (Å²) in [6.45, 7) is 2.57. The fourth-order valence-electron chi connectivity index (χ4n) is 2.01. The Morgan fingerprint density at radius 2 is 2.26 bits per heavy atom. The molecule has 1 aromatic rings. The van der Waals surface area contributed by atoms with E-state index in [1.165, 1.54) is 0 Å². The number of aliphatic hydroxyl groups is 1. The van der Waals surface area contributed by atoms with Gasteiger partial charge in [0.1, 0.15) is 10.8 Å². The Kier molecular flexibility index (Phi) is 4.55. The summed E-state index contributed by atoms with van der Waals surface area (Å²) in [7, 11) is 0. The third kappa shape index (κ3) is 3.32. The van der Waals surface area contributed by atoms with E-state index in [1.54, 1.807) is 30.0 Å². The number of nitrogens with zero attached hydrogens (tertiary/aromatic N) is 1. The topological polar surface area (TPSA) is 49.8 Å². The number of benzene rings is 1. The summed E-state index contributed by atoms with van der Waals surface area (Å²) in [5, 5.41) is 10.1. The Labute approximate surface area is 121 Å². The molecule has 6 heteroatoms. The Balaban J connectivity index is 2.02. The standard InChI is InChI=1S/C13H15Cl2NO3/c1-8(13(18)16-6-5-9(17)7-16)19-11-4-2-3-10(14)12(11)15/h2-4,8-9,17H,5-7H2,1H3/t8?,9-/m1/s1. The molecule has 1 unspecified atom stereocenters. The van der Waals surface area contributed by atoms with E-state index in [4.69, 9.17) is 27.9 Å². The highest BCUT2D eigenvalue weighted by Crippen LogP contribution is 2.32. The lowest BCUT2D eigenvalue weighted by Gasteiger charge is -2.21. The van der Waals surface area contributed by atoms with Crippen LogP contribution in [0.2, 0.25) is 10.0 Å². The number of hydrogen-bond donors (Lipinski definition) is 1. The number of aliphatic hydroxyl groups excluding tert-OH is 1. The zero-order valence-corrected chi connectivity index (χ0v) is 12.0. The van der Waals surface area contributed by atoms with Crippen LogP contribution in [0.5, 0.6) is 5.75 Å². The van der Waals surface area contributed by atoms with Crippen LogP contribution >= 0.6 is 23.2 Å². The van der Waals surface area contributed by atoms with Gasteiger partial charge in [0.15, 0.2) is 6.10 Å². The van der Waals surface area contributed by atoms with Crippen molar-refractivity contribution in [2.24, 2.45) is 0 Å². The molecular weight excluding hydrogens is 289 g/mol. The summed E-state index contributed by atoms with van der Waals surface area (Å²) < 4.78 is 5.55. The number of carbonyl (C=O) groups is 1. The minimum Gasteiger partial charge on any atom is -0.479 e. The predicted octanol–water partition coefficient (Wildman–Crippen LogP) is 2.35. The Bertz CT molecular complexity index is 481. The summed E-state index contributed by atoms with van der Waals surface area (Å²) in [5.41, 5.74) is 0. The van der Waals surface area contributed by atoms with Crippen LogP contribution in [-0.2, 0) is 4.79 Å². The first-order valence-corrected chi connectivity index (χ1v) is 6.82. The highest BCUT2D eigenvalue weighted by molar-refractivity contribution is 6.42. The van der Waals surface area contributed by atoms with E-state index >= 15 is 0 Å². The lowest BCUT2D eigenvalue weighted by atomic mass is 10.3. The van der Waals surface area contributed by atoms with Gasteiger partial charge in [0.25, 0.3) is 5.91 Å². The van der Waals surface area contributed by atoms with Gasteiger partial charge in [-0.2, -0.15) is 0 Å². The molecule has 1 N–H and O–H groups in total. The fraction of sp³-hybridized carbons (Fsp3) is 0.462. The van der Waals surface area contributed by atoms with Crippen molar-refractivity contribution in [2.75, 3.05) is 13.1 Å². The van der Waals surface area contributed by atoms with Crippen LogP contribution in [0.15, 0.2) is 18.2 Å². The van der Waals surface area contributed by atoms with Crippen molar-refractivity contribution in [2.45, 2.75) is 25.6 Å². The monoisotopic (exact) mass is 303 g/mol. The number of amides is 1. The molecule has 0 aliphatic carbocycles. The number of hydrogen-bond acceptors (Lipinski definition) is 3. The van der Waals surface area contributed by atoms with Gasteiger partial charge in [0, 0.05) is 13.1 Å². The third-order valence-electron chi connectivity index (χ3n) is 3.04. The van der Waals surface area contributed by atoms with Gasteiger partial charge in [-0.05, 0) is 25.5 Å². The quantitative estimate of drug-likeness (QED) is 0.932. The van der Waals surface area contributed by atoms with Crippen LogP contribution in [0.4, 0.5) is 0 Å². The smallest absolute Gasteiger partial charge is 0.263 e. The zero-order valence-electron chi connectivity index (χ0n) is 10.5. The number of rotatable bonds is 3. The lowest BCUT2D eigenvalue weighted by molar-refractivity contribution is -0.137. The highest BCUT2D eigenvalue weighted by atomic mass is 35.5. The van der Waals surface area contributed by atoms with E-state index in [-0.39, 0.29) is 5.91 Å².